The number of nitrogens with two attached hydrogens (primary N) is 1. The molecule has 0 aromatic heterocycles. The summed E-state index contributed by atoms with van der Waals surface area (Å²) in [5.74, 6) is 0.974. The fourth-order valence-corrected chi connectivity index (χ4v) is 3.18. The summed E-state index contributed by atoms with van der Waals surface area (Å²) in [6.45, 7) is 13.2. The van der Waals surface area contributed by atoms with Crippen LogP contribution in [-0.2, 0) is 11.3 Å². The zero-order valence-electron chi connectivity index (χ0n) is 13.5. The van der Waals surface area contributed by atoms with E-state index in [1.165, 1.54) is 0 Å². The molecule has 20 heavy (non-hydrogen) atoms. The first-order valence-electron chi connectivity index (χ1n) is 7.32. The summed E-state index contributed by atoms with van der Waals surface area (Å²) in [6.07, 6.45) is 0.968. The smallest absolute Gasteiger partial charge is 0.130 e. The van der Waals surface area contributed by atoms with E-state index < -0.39 is 0 Å². The number of ether oxygens (including phenoxy) is 2. The van der Waals surface area contributed by atoms with Crippen LogP contribution in [0.1, 0.15) is 50.8 Å². The third kappa shape index (κ3) is 2.99. The van der Waals surface area contributed by atoms with Gasteiger partial charge in [0.15, 0.2) is 0 Å². The molecule has 0 bridgehead atoms. The fraction of sp³-hybridized carbons (Fsp3) is 0.647. The van der Waals surface area contributed by atoms with Crippen molar-refractivity contribution in [3.8, 4) is 5.75 Å². The minimum absolute atomic E-state index is 0.0682. The topological polar surface area (TPSA) is 44.5 Å². The Morgan fingerprint density at radius 3 is 2.15 bits per heavy atom. The minimum atomic E-state index is -0.269. The average Bonchev–Trinajstić information content (AvgIpc) is 2.51. The second-order valence-electron chi connectivity index (χ2n) is 7.04. The van der Waals surface area contributed by atoms with Crippen molar-refractivity contribution in [1.82, 2.24) is 0 Å². The summed E-state index contributed by atoms with van der Waals surface area (Å²) in [6, 6.07) is 4.21. The molecule has 1 aromatic carbocycles. The molecule has 0 saturated carbocycles. The van der Waals surface area contributed by atoms with Gasteiger partial charge in [0.25, 0.3) is 0 Å². The van der Waals surface area contributed by atoms with Gasteiger partial charge in [-0.3, -0.25) is 0 Å². The molecule has 1 aliphatic rings. The monoisotopic (exact) mass is 277 g/mol. The van der Waals surface area contributed by atoms with Crippen LogP contribution < -0.4 is 10.5 Å². The Morgan fingerprint density at radius 2 is 1.75 bits per heavy atom. The molecule has 3 nitrogen and oxygen atoms in total. The van der Waals surface area contributed by atoms with E-state index in [2.05, 4.69) is 53.7 Å². The Labute approximate surface area is 122 Å². The third-order valence-corrected chi connectivity index (χ3v) is 4.01. The van der Waals surface area contributed by atoms with Crippen LogP contribution in [-0.4, -0.2) is 17.3 Å². The van der Waals surface area contributed by atoms with E-state index in [-0.39, 0.29) is 17.3 Å². The summed E-state index contributed by atoms with van der Waals surface area (Å²) in [4.78, 5) is 0. The van der Waals surface area contributed by atoms with Gasteiger partial charge in [-0.25, -0.2) is 0 Å². The Morgan fingerprint density at radius 1 is 1.20 bits per heavy atom. The first-order chi connectivity index (χ1) is 9.14. The first-order valence-corrected chi connectivity index (χ1v) is 7.32. The normalized spacial score (nSPS) is 23.9. The van der Waals surface area contributed by atoms with Gasteiger partial charge >= 0.3 is 0 Å². The lowest BCUT2D eigenvalue weighted by Gasteiger charge is -2.28. The van der Waals surface area contributed by atoms with Crippen molar-refractivity contribution >= 4 is 0 Å². The van der Waals surface area contributed by atoms with Crippen molar-refractivity contribution in [2.45, 2.75) is 71.8 Å². The van der Waals surface area contributed by atoms with E-state index in [1.54, 1.807) is 0 Å². The van der Waals surface area contributed by atoms with E-state index in [0.717, 1.165) is 28.9 Å². The minimum Gasteiger partial charge on any atom is -0.487 e. The van der Waals surface area contributed by atoms with Crippen molar-refractivity contribution in [2.24, 2.45) is 5.73 Å². The number of hydrogen-bond acceptors (Lipinski definition) is 3. The average molecular weight is 277 g/mol. The molecular formula is C17H27NO2. The van der Waals surface area contributed by atoms with E-state index in [1.807, 2.05) is 0 Å². The van der Waals surface area contributed by atoms with E-state index in [0.29, 0.717) is 6.54 Å². The van der Waals surface area contributed by atoms with Crippen molar-refractivity contribution in [3.63, 3.8) is 0 Å². The number of hydrogen-bond donors (Lipinski definition) is 1. The van der Waals surface area contributed by atoms with Gasteiger partial charge < -0.3 is 15.2 Å². The molecule has 1 fully saturated rings. The SMILES string of the molecule is Cc1cc(CN)cc(C)c1OC1CC(C)(C)OC1(C)C. The lowest BCUT2D eigenvalue weighted by atomic mass is 9.96. The van der Waals surface area contributed by atoms with Crippen LogP contribution in [0.2, 0.25) is 0 Å². The zero-order valence-corrected chi connectivity index (χ0v) is 13.5. The van der Waals surface area contributed by atoms with E-state index in [9.17, 15) is 0 Å². The molecular weight excluding hydrogens is 250 g/mol. The maximum atomic E-state index is 6.32. The highest BCUT2D eigenvalue weighted by Gasteiger charge is 2.47. The number of benzene rings is 1. The molecule has 1 saturated heterocycles. The molecule has 0 aliphatic carbocycles. The molecule has 112 valence electrons. The molecule has 0 amide bonds. The Hall–Kier alpha value is -1.06. The molecule has 1 unspecified atom stereocenters. The summed E-state index contributed by atoms with van der Waals surface area (Å²) in [5.41, 5.74) is 8.75. The highest BCUT2D eigenvalue weighted by Crippen LogP contribution is 2.40. The summed E-state index contributed by atoms with van der Waals surface area (Å²) in [5, 5.41) is 0. The number of rotatable bonds is 3. The van der Waals surface area contributed by atoms with Crippen molar-refractivity contribution in [2.75, 3.05) is 0 Å². The van der Waals surface area contributed by atoms with Gasteiger partial charge in [0.05, 0.1) is 5.60 Å². The van der Waals surface area contributed by atoms with Crippen LogP contribution in [0.4, 0.5) is 0 Å². The molecule has 1 aliphatic heterocycles. The van der Waals surface area contributed by atoms with E-state index >= 15 is 0 Å². The molecule has 1 aromatic rings. The second kappa shape index (κ2) is 5.05. The molecule has 2 rings (SSSR count). The lowest BCUT2D eigenvalue weighted by Crippen LogP contribution is -2.37. The third-order valence-electron chi connectivity index (χ3n) is 4.01. The molecule has 3 heteroatoms. The van der Waals surface area contributed by atoms with Crippen LogP contribution in [0, 0.1) is 13.8 Å². The molecule has 0 radical (unpaired) electrons. The zero-order chi connectivity index (χ0) is 15.1. The van der Waals surface area contributed by atoms with Crippen molar-refractivity contribution < 1.29 is 9.47 Å². The van der Waals surface area contributed by atoms with Crippen molar-refractivity contribution in [3.05, 3.63) is 28.8 Å². The maximum Gasteiger partial charge on any atom is 0.130 e. The molecule has 0 spiro atoms. The molecule has 1 atom stereocenters. The van der Waals surface area contributed by atoms with Crippen LogP contribution in [0.15, 0.2) is 12.1 Å². The number of aryl methyl sites for hydroxylation is 2. The highest BCUT2D eigenvalue weighted by atomic mass is 16.6. The Kier molecular flexibility index (Phi) is 3.87. The molecule has 1 heterocycles. The fourth-order valence-electron chi connectivity index (χ4n) is 3.18. The van der Waals surface area contributed by atoms with Crippen LogP contribution in [0.3, 0.4) is 0 Å². The van der Waals surface area contributed by atoms with Gasteiger partial charge in [0, 0.05) is 13.0 Å². The summed E-state index contributed by atoms with van der Waals surface area (Å²) >= 11 is 0. The van der Waals surface area contributed by atoms with Crippen LogP contribution in [0.25, 0.3) is 0 Å². The molecule has 2 N–H and O–H groups in total. The maximum absolute atomic E-state index is 6.32. The predicted molar refractivity (Wildman–Crippen MR) is 82.1 cm³/mol. The predicted octanol–water partition coefficient (Wildman–Crippen LogP) is 3.49. The van der Waals surface area contributed by atoms with Crippen LogP contribution >= 0.6 is 0 Å². The Bertz CT molecular complexity index is 483. The largest absolute Gasteiger partial charge is 0.487 e. The Balaban J connectivity index is 2.27. The van der Waals surface area contributed by atoms with Gasteiger partial charge in [-0.15, -0.1) is 0 Å². The second-order valence-corrected chi connectivity index (χ2v) is 7.04. The first kappa shape index (κ1) is 15.3. The highest BCUT2D eigenvalue weighted by molar-refractivity contribution is 5.43. The van der Waals surface area contributed by atoms with E-state index in [4.69, 9.17) is 15.2 Å². The lowest BCUT2D eigenvalue weighted by molar-refractivity contribution is -0.0847. The summed E-state index contributed by atoms with van der Waals surface area (Å²) < 4.78 is 12.4. The quantitative estimate of drug-likeness (QED) is 0.920. The summed E-state index contributed by atoms with van der Waals surface area (Å²) in [7, 11) is 0. The van der Waals surface area contributed by atoms with Gasteiger partial charge in [0.2, 0.25) is 0 Å². The standard InChI is InChI=1S/C17H27NO2/c1-11-7-13(10-18)8-12(2)15(11)19-14-9-16(3,4)20-17(14,5)6/h7-8,14H,9-10,18H2,1-6H3. The van der Waals surface area contributed by atoms with Gasteiger partial charge in [-0.05, 0) is 58.2 Å². The van der Waals surface area contributed by atoms with Gasteiger partial charge in [0.1, 0.15) is 17.5 Å². The van der Waals surface area contributed by atoms with Gasteiger partial charge in [-0.1, -0.05) is 12.1 Å². The van der Waals surface area contributed by atoms with Crippen LogP contribution in [0.5, 0.6) is 5.75 Å². The van der Waals surface area contributed by atoms with Crippen molar-refractivity contribution in [1.29, 1.82) is 0 Å². The van der Waals surface area contributed by atoms with Gasteiger partial charge in [-0.2, -0.15) is 0 Å².